The Kier molecular flexibility index (Phi) is 8.01. The molecule has 5 rings (SSSR count). The zero-order chi connectivity index (χ0) is 28.6. The first kappa shape index (κ1) is 28.3. The second-order valence-corrected chi connectivity index (χ2v) is 12.6. The van der Waals surface area contributed by atoms with E-state index in [9.17, 15) is 19.5 Å². The molecule has 10 heteroatoms. The first-order valence-electron chi connectivity index (χ1n) is 13.6. The van der Waals surface area contributed by atoms with Crippen LogP contribution in [0.5, 0.6) is 11.5 Å². The van der Waals surface area contributed by atoms with Crippen LogP contribution in [0.2, 0.25) is 0 Å². The number of thioether (sulfide) groups is 1. The fraction of sp³-hybridized carbons (Fsp3) is 0.500. The van der Waals surface area contributed by atoms with Crippen LogP contribution in [0.15, 0.2) is 41.3 Å². The van der Waals surface area contributed by atoms with Crippen LogP contribution in [0, 0.1) is 11.3 Å². The fourth-order valence-electron chi connectivity index (χ4n) is 5.57. The van der Waals surface area contributed by atoms with Crippen LogP contribution in [0.1, 0.15) is 57.3 Å². The van der Waals surface area contributed by atoms with Crippen LogP contribution in [-0.2, 0) is 19.1 Å². The Morgan fingerprint density at radius 2 is 1.93 bits per heavy atom. The maximum absolute atomic E-state index is 14.2. The van der Waals surface area contributed by atoms with Crippen LogP contribution in [-0.4, -0.2) is 66.6 Å². The molecule has 9 nitrogen and oxygen atoms in total. The van der Waals surface area contributed by atoms with Gasteiger partial charge in [-0.05, 0) is 48.8 Å². The Bertz CT molecular complexity index is 1310. The van der Waals surface area contributed by atoms with Crippen molar-refractivity contribution in [3.8, 4) is 11.5 Å². The Morgan fingerprint density at radius 3 is 2.65 bits per heavy atom. The fourth-order valence-corrected chi connectivity index (χ4v) is 6.02. The van der Waals surface area contributed by atoms with Gasteiger partial charge in [0.25, 0.3) is 5.91 Å². The third-order valence-corrected chi connectivity index (χ3v) is 8.20. The van der Waals surface area contributed by atoms with Gasteiger partial charge >= 0.3 is 5.97 Å². The number of piperidine rings is 1. The van der Waals surface area contributed by atoms with Crippen LogP contribution in [0.4, 0.5) is 5.69 Å². The number of hydrogen-bond donors (Lipinski definition) is 1. The van der Waals surface area contributed by atoms with E-state index >= 15 is 0 Å². The Morgan fingerprint density at radius 1 is 1.12 bits per heavy atom. The van der Waals surface area contributed by atoms with Crippen LogP contribution in [0.3, 0.4) is 0 Å². The summed E-state index contributed by atoms with van der Waals surface area (Å²) in [6.07, 6.45) is 1.18. The van der Waals surface area contributed by atoms with Crippen LogP contribution < -0.4 is 14.4 Å². The van der Waals surface area contributed by atoms with Crippen molar-refractivity contribution in [1.82, 2.24) is 4.90 Å². The molecule has 0 bridgehead atoms. The molecule has 1 saturated heterocycles. The number of aliphatic carboxylic acids is 1. The quantitative estimate of drug-likeness (QED) is 0.500. The lowest BCUT2D eigenvalue weighted by atomic mass is 9.94. The van der Waals surface area contributed by atoms with Crippen molar-refractivity contribution < 1.29 is 33.7 Å². The summed E-state index contributed by atoms with van der Waals surface area (Å²) in [5.74, 6) is -0.919. The summed E-state index contributed by atoms with van der Waals surface area (Å²) in [5, 5.41) is 9.51. The van der Waals surface area contributed by atoms with Gasteiger partial charge in [-0.25, -0.2) is 0 Å². The SMILES string of the molecule is CSc1ccc2c(c1)[C@H](c1cccc3c1OCO3)O[C@@H](CC(=O)N1CCCC(C(=O)O)C1)C(=O)N2CC(C)(C)C. The van der Waals surface area contributed by atoms with Gasteiger partial charge in [0.2, 0.25) is 12.7 Å². The number of rotatable bonds is 6. The van der Waals surface area contributed by atoms with Crippen molar-refractivity contribution in [3.05, 3.63) is 47.5 Å². The average Bonchev–Trinajstić information content (AvgIpc) is 3.39. The minimum Gasteiger partial charge on any atom is -0.481 e. The number of hydrogen-bond acceptors (Lipinski definition) is 7. The van der Waals surface area contributed by atoms with Crippen molar-refractivity contribution >= 4 is 35.2 Å². The molecule has 2 aromatic rings. The number of carbonyl (C=O) groups excluding carboxylic acids is 2. The van der Waals surface area contributed by atoms with E-state index in [-0.39, 0.29) is 37.0 Å². The molecule has 40 heavy (non-hydrogen) atoms. The van der Waals surface area contributed by atoms with Gasteiger partial charge in [0.15, 0.2) is 11.5 Å². The van der Waals surface area contributed by atoms with Crippen molar-refractivity contribution in [2.45, 2.75) is 57.1 Å². The van der Waals surface area contributed by atoms with Crippen molar-refractivity contribution in [3.63, 3.8) is 0 Å². The van der Waals surface area contributed by atoms with Crippen molar-refractivity contribution in [2.24, 2.45) is 11.3 Å². The summed E-state index contributed by atoms with van der Waals surface area (Å²) in [6, 6.07) is 11.6. The topological polar surface area (TPSA) is 106 Å². The summed E-state index contributed by atoms with van der Waals surface area (Å²) >= 11 is 1.60. The Hall–Kier alpha value is -3.24. The monoisotopic (exact) mass is 568 g/mol. The van der Waals surface area contributed by atoms with Gasteiger partial charge in [0.1, 0.15) is 12.2 Å². The molecule has 3 heterocycles. The smallest absolute Gasteiger partial charge is 0.308 e. The molecular formula is C30H36N2O7S. The zero-order valence-corrected chi connectivity index (χ0v) is 24.2. The van der Waals surface area contributed by atoms with E-state index in [0.717, 1.165) is 21.7 Å². The molecule has 1 unspecified atom stereocenters. The van der Waals surface area contributed by atoms with Gasteiger partial charge in [0, 0.05) is 41.3 Å². The standard InChI is InChI=1S/C30H36N2O7S/c1-30(2,3)16-32-22-11-10-19(40-4)13-21(22)26(20-8-5-9-23-27(20)38-17-37-23)39-24(28(32)34)14-25(33)31-12-6-7-18(15-31)29(35)36/h5,8-11,13,18,24,26H,6-7,12,14-17H2,1-4H3,(H,35,36)/t18?,24-,26-/m0/s1. The van der Waals surface area contributed by atoms with Gasteiger partial charge in [-0.15, -0.1) is 11.8 Å². The van der Waals surface area contributed by atoms with E-state index < -0.39 is 24.1 Å². The van der Waals surface area contributed by atoms with Gasteiger partial charge in [-0.1, -0.05) is 32.9 Å². The summed E-state index contributed by atoms with van der Waals surface area (Å²) in [4.78, 5) is 43.7. The maximum Gasteiger partial charge on any atom is 0.308 e. The maximum atomic E-state index is 14.2. The van der Waals surface area contributed by atoms with Gasteiger partial charge in [0.05, 0.1) is 12.3 Å². The summed E-state index contributed by atoms with van der Waals surface area (Å²) in [6.45, 7) is 7.31. The highest BCUT2D eigenvalue weighted by Crippen LogP contribution is 2.47. The third kappa shape index (κ3) is 5.78. The number of fused-ring (bicyclic) bond motifs is 2. The highest BCUT2D eigenvalue weighted by Gasteiger charge is 2.41. The molecule has 0 radical (unpaired) electrons. The van der Waals surface area contributed by atoms with Gasteiger partial charge in [-0.3, -0.25) is 14.4 Å². The molecule has 3 aliphatic rings. The molecule has 0 aliphatic carbocycles. The third-order valence-electron chi connectivity index (χ3n) is 7.48. The zero-order valence-electron chi connectivity index (χ0n) is 23.3. The lowest BCUT2D eigenvalue weighted by Gasteiger charge is -2.33. The molecule has 1 fully saturated rings. The highest BCUT2D eigenvalue weighted by molar-refractivity contribution is 7.98. The number of para-hydroxylation sites is 1. The molecule has 2 amide bonds. The molecule has 0 aromatic heterocycles. The number of likely N-dealkylation sites (tertiary alicyclic amines) is 1. The van der Waals surface area contributed by atoms with E-state index in [0.29, 0.717) is 37.4 Å². The first-order valence-corrected chi connectivity index (χ1v) is 14.8. The van der Waals surface area contributed by atoms with E-state index in [1.165, 1.54) is 0 Å². The van der Waals surface area contributed by atoms with Gasteiger partial charge in [-0.2, -0.15) is 0 Å². The molecule has 214 valence electrons. The average molecular weight is 569 g/mol. The molecule has 0 spiro atoms. The predicted octanol–water partition coefficient (Wildman–Crippen LogP) is 4.72. The minimum atomic E-state index is -1.08. The molecule has 1 N–H and O–H groups in total. The molecule has 0 saturated carbocycles. The summed E-state index contributed by atoms with van der Waals surface area (Å²) in [5.41, 5.74) is 2.04. The van der Waals surface area contributed by atoms with E-state index in [1.54, 1.807) is 21.6 Å². The Balaban J connectivity index is 1.57. The number of amides is 2. The molecule has 2 aromatic carbocycles. The van der Waals surface area contributed by atoms with Gasteiger partial charge < -0.3 is 29.1 Å². The lowest BCUT2D eigenvalue weighted by molar-refractivity contribution is -0.148. The Labute approximate surface area is 238 Å². The number of anilines is 1. The largest absolute Gasteiger partial charge is 0.481 e. The van der Waals surface area contributed by atoms with Crippen LogP contribution in [0.25, 0.3) is 0 Å². The molecule has 3 atom stereocenters. The normalized spacial score (nSPS) is 22.6. The second-order valence-electron chi connectivity index (χ2n) is 11.7. The van der Waals surface area contributed by atoms with Crippen molar-refractivity contribution in [1.29, 1.82) is 0 Å². The number of nitrogens with zero attached hydrogens (tertiary/aromatic N) is 2. The van der Waals surface area contributed by atoms with E-state index in [1.807, 2.05) is 42.7 Å². The molecule has 3 aliphatic heterocycles. The summed E-state index contributed by atoms with van der Waals surface area (Å²) in [7, 11) is 0. The number of carboxylic acids is 1. The number of carbonyl (C=O) groups is 3. The number of carboxylic acid groups (broad SMARTS) is 1. The van der Waals surface area contributed by atoms with Crippen LogP contribution >= 0.6 is 11.8 Å². The number of ether oxygens (including phenoxy) is 3. The number of benzene rings is 2. The predicted molar refractivity (Wildman–Crippen MR) is 151 cm³/mol. The second kappa shape index (κ2) is 11.3. The van der Waals surface area contributed by atoms with E-state index in [4.69, 9.17) is 14.2 Å². The van der Waals surface area contributed by atoms with Crippen molar-refractivity contribution in [2.75, 3.05) is 37.6 Å². The summed E-state index contributed by atoms with van der Waals surface area (Å²) < 4.78 is 18.1. The van der Waals surface area contributed by atoms with E-state index in [2.05, 4.69) is 20.8 Å². The first-order chi connectivity index (χ1) is 19.1. The minimum absolute atomic E-state index is 0.0907. The lowest BCUT2D eigenvalue weighted by Crippen LogP contribution is -2.47. The molecular weight excluding hydrogens is 532 g/mol. The highest BCUT2D eigenvalue weighted by atomic mass is 32.2.